The van der Waals surface area contributed by atoms with Crippen LogP contribution in [0.1, 0.15) is 46.0 Å². The minimum absolute atomic E-state index is 0.443. The van der Waals surface area contributed by atoms with E-state index in [1.165, 1.54) is 18.4 Å². The lowest BCUT2D eigenvalue weighted by atomic mass is 9.79. The maximum Gasteiger partial charge on any atom is 0.0771 e. The van der Waals surface area contributed by atoms with Crippen molar-refractivity contribution in [3.05, 3.63) is 12.2 Å². The summed E-state index contributed by atoms with van der Waals surface area (Å²) in [5.41, 5.74) is 0.758. The molecule has 0 heterocycles. The average molecular weight is 211 g/mol. The van der Waals surface area contributed by atoms with Gasteiger partial charge in [-0.25, -0.2) is 0 Å². The quantitative estimate of drug-likeness (QED) is 0.541. The van der Waals surface area contributed by atoms with E-state index < -0.39 is 5.60 Å². The second kappa shape index (κ2) is 5.66. The molecule has 88 valence electrons. The van der Waals surface area contributed by atoms with E-state index in [1.54, 1.807) is 0 Å². The highest BCUT2D eigenvalue weighted by Gasteiger charge is 2.30. The lowest BCUT2D eigenvalue weighted by molar-refractivity contribution is -0.00583. The molecule has 1 saturated carbocycles. The minimum atomic E-state index is -0.443. The highest BCUT2D eigenvalue weighted by atomic mass is 16.3. The van der Waals surface area contributed by atoms with Gasteiger partial charge in [-0.3, -0.25) is 0 Å². The highest BCUT2D eigenvalue weighted by Crippen LogP contribution is 2.31. The van der Waals surface area contributed by atoms with E-state index in [4.69, 9.17) is 0 Å². The summed E-state index contributed by atoms with van der Waals surface area (Å²) in [4.78, 5) is 0. The van der Waals surface area contributed by atoms with Gasteiger partial charge in [-0.15, -0.1) is 6.58 Å². The molecule has 0 amide bonds. The normalized spacial score (nSPS) is 31.5. The number of rotatable bonds is 5. The van der Waals surface area contributed by atoms with Crippen LogP contribution in [0.2, 0.25) is 0 Å². The van der Waals surface area contributed by atoms with E-state index in [0.717, 1.165) is 38.3 Å². The summed E-state index contributed by atoms with van der Waals surface area (Å²) in [6.45, 7) is 9.86. The topological polar surface area (TPSA) is 32.3 Å². The van der Waals surface area contributed by atoms with Crippen LogP contribution in [-0.4, -0.2) is 23.8 Å². The lowest BCUT2D eigenvalue weighted by Crippen LogP contribution is -2.43. The molecule has 0 aromatic carbocycles. The molecule has 2 heteroatoms. The minimum Gasteiger partial charge on any atom is -0.389 e. The van der Waals surface area contributed by atoms with Crippen molar-refractivity contribution >= 4 is 0 Å². The fourth-order valence-corrected chi connectivity index (χ4v) is 2.10. The third kappa shape index (κ3) is 4.80. The molecule has 0 aromatic heterocycles. The Morgan fingerprint density at radius 1 is 1.47 bits per heavy atom. The van der Waals surface area contributed by atoms with Crippen LogP contribution in [0, 0.1) is 5.92 Å². The van der Waals surface area contributed by atoms with Crippen LogP contribution in [-0.2, 0) is 0 Å². The van der Waals surface area contributed by atoms with E-state index in [9.17, 15) is 5.11 Å². The van der Waals surface area contributed by atoms with Crippen LogP contribution in [0.25, 0.3) is 0 Å². The van der Waals surface area contributed by atoms with Gasteiger partial charge in [0.1, 0.15) is 0 Å². The molecule has 0 aromatic rings. The van der Waals surface area contributed by atoms with Crippen molar-refractivity contribution in [2.45, 2.75) is 51.6 Å². The molecule has 1 rings (SSSR count). The first-order valence-corrected chi connectivity index (χ1v) is 6.09. The van der Waals surface area contributed by atoms with Crippen LogP contribution in [0.3, 0.4) is 0 Å². The van der Waals surface area contributed by atoms with Gasteiger partial charge in [0.05, 0.1) is 5.60 Å². The first-order chi connectivity index (χ1) is 7.02. The fourth-order valence-electron chi connectivity index (χ4n) is 2.10. The van der Waals surface area contributed by atoms with Gasteiger partial charge < -0.3 is 10.4 Å². The van der Waals surface area contributed by atoms with Gasteiger partial charge >= 0.3 is 0 Å². The Bertz CT molecular complexity index is 205. The molecule has 1 aliphatic carbocycles. The zero-order chi connectivity index (χ0) is 11.3. The average Bonchev–Trinajstić information content (AvgIpc) is 2.18. The van der Waals surface area contributed by atoms with E-state index in [0.29, 0.717) is 0 Å². The van der Waals surface area contributed by atoms with Crippen molar-refractivity contribution in [2.24, 2.45) is 5.92 Å². The molecule has 0 saturated heterocycles. The van der Waals surface area contributed by atoms with Crippen LogP contribution in [0.4, 0.5) is 0 Å². The summed E-state index contributed by atoms with van der Waals surface area (Å²) >= 11 is 0. The predicted octanol–water partition coefficient (Wildman–Crippen LogP) is 2.48. The van der Waals surface area contributed by atoms with Gasteiger partial charge in [-0.2, -0.15) is 0 Å². The van der Waals surface area contributed by atoms with Crippen LogP contribution in [0.5, 0.6) is 0 Å². The molecular weight excluding hydrogens is 186 g/mol. The highest BCUT2D eigenvalue weighted by molar-refractivity contribution is 4.90. The summed E-state index contributed by atoms with van der Waals surface area (Å²) in [5, 5.41) is 13.6. The summed E-state index contributed by atoms with van der Waals surface area (Å²) in [6, 6.07) is 0. The van der Waals surface area contributed by atoms with Gasteiger partial charge in [0.15, 0.2) is 0 Å². The maximum atomic E-state index is 10.3. The van der Waals surface area contributed by atoms with Crippen molar-refractivity contribution in [1.29, 1.82) is 0 Å². The largest absolute Gasteiger partial charge is 0.389 e. The van der Waals surface area contributed by atoms with Crippen molar-refractivity contribution in [3.8, 4) is 0 Å². The third-order valence-corrected chi connectivity index (χ3v) is 3.39. The predicted molar refractivity (Wildman–Crippen MR) is 64.9 cm³/mol. The van der Waals surface area contributed by atoms with Crippen molar-refractivity contribution < 1.29 is 5.11 Å². The van der Waals surface area contributed by atoms with Crippen molar-refractivity contribution in [1.82, 2.24) is 5.32 Å². The Morgan fingerprint density at radius 2 is 2.07 bits per heavy atom. The van der Waals surface area contributed by atoms with Gasteiger partial charge in [0, 0.05) is 6.54 Å². The summed E-state index contributed by atoms with van der Waals surface area (Å²) in [6.07, 6.45) is 5.24. The molecule has 0 bridgehead atoms. The lowest BCUT2D eigenvalue weighted by Gasteiger charge is -2.35. The second-order valence-corrected chi connectivity index (χ2v) is 5.29. The van der Waals surface area contributed by atoms with E-state index in [1.807, 2.05) is 6.92 Å². The molecular formula is C13H25NO. The molecule has 0 aliphatic heterocycles. The van der Waals surface area contributed by atoms with Gasteiger partial charge in [0.2, 0.25) is 0 Å². The molecule has 0 radical (unpaired) electrons. The first-order valence-electron chi connectivity index (χ1n) is 6.09. The van der Waals surface area contributed by atoms with Crippen LogP contribution in [0.15, 0.2) is 12.2 Å². The Morgan fingerprint density at radius 3 is 2.60 bits per heavy atom. The maximum absolute atomic E-state index is 10.3. The molecule has 2 N–H and O–H groups in total. The summed E-state index contributed by atoms with van der Waals surface area (Å²) in [5.74, 6) is 0.792. The van der Waals surface area contributed by atoms with Crippen LogP contribution < -0.4 is 5.32 Å². The van der Waals surface area contributed by atoms with Gasteiger partial charge in [-0.05, 0) is 51.5 Å². The van der Waals surface area contributed by atoms with E-state index in [2.05, 4.69) is 18.8 Å². The molecule has 0 atom stereocenters. The third-order valence-electron chi connectivity index (χ3n) is 3.39. The molecule has 0 unspecified atom stereocenters. The molecule has 1 fully saturated rings. The fraction of sp³-hybridized carbons (Fsp3) is 0.846. The van der Waals surface area contributed by atoms with E-state index >= 15 is 0 Å². The SMILES string of the molecule is C=C(C)CCNCC1(O)CCC(C)CC1. The van der Waals surface area contributed by atoms with Crippen molar-refractivity contribution in [2.75, 3.05) is 13.1 Å². The second-order valence-electron chi connectivity index (χ2n) is 5.29. The zero-order valence-corrected chi connectivity index (χ0v) is 10.2. The number of nitrogens with one attached hydrogen (secondary N) is 1. The molecule has 0 spiro atoms. The standard InChI is InChI=1S/C13H25NO/c1-11(2)6-9-14-10-13(15)7-4-12(3)5-8-13/h12,14-15H,1,4-10H2,2-3H3. The summed E-state index contributed by atoms with van der Waals surface area (Å²) in [7, 11) is 0. The first kappa shape index (κ1) is 12.7. The van der Waals surface area contributed by atoms with Gasteiger partial charge in [-0.1, -0.05) is 12.5 Å². The van der Waals surface area contributed by atoms with Crippen LogP contribution >= 0.6 is 0 Å². The zero-order valence-electron chi connectivity index (χ0n) is 10.2. The smallest absolute Gasteiger partial charge is 0.0771 e. The Balaban J connectivity index is 2.16. The number of hydrogen-bond acceptors (Lipinski definition) is 2. The molecule has 1 aliphatic rings. The Labute approximate surface area is 93.8 Å². The van der Waals surface area contributed by atoms with E-state index in [-0.39, 0.29) is 0 Å². The van der Waals surface area contributed by atoms with Gasteiger partial charge in [0.25, 0.3) is 0 Å². The number of aliphatic hydroxyl groups is 1. The Kier molecular flexibility index (Phi) is 4.81. The molecule has 2 nitrogen and oxygen atoms in total. The number of hydrogen-bond donors (Lipinski definition) is 2. The monoisotopic (exact) mass is 211 g/mol. The summed E-state index contributed by atoms with van der Waals surface area (Å²) < 4.78 is 0. The van der Waals surface area contributed by atoms with Crippen molar-refractivity contribution in [3.63, 3.8) is 0 Å². The Hall–Kier alpha value is -0.340. The molecule has 15 heavy (non-hydrogen) atoms.